The van der Waals surface area contributed by atoms with Gasteiger partial charge in [0.05, 0.1) is 0 Å². The lowest BCUT2D eigenvalue weighted by atomic mass is 9.90. The Hall–Kier alpha value is -1.75. The number of piperidine rings is 1. The van der Waals surface area contributed by atoms with Crippen LogP contribution in [-0.2, 0) is 4.79 Å². The average molecular weight is 301 g/mol. The summed E-state index contributed by atoms with van der Waals surface area (Å²) in [4.78, 5) is 32.4. The van der Waals surface area contributed by atoms with Crippen LogP contribution in [-0.4, -0.2) is 48.3 Å². The molecule has 0 N–H and O–H groups in total. The zero-order valence-corrected chi connectivity index (χ0v) is 13.1. The number of aromatic nitrogens is 1. The molecule has 0 unspecified atom stereocenters. The van der Waals surface area contributed by atoms with Crippen molar-refractivity contribution in [2.24, 2.45) is 5.92 Å². The molecule has 3 rings (SSSR count). The molecular formula is C17H23N3O2. The molecule has 1 aliphatic carbocycles. The Morgan fingerprint density at radius 1 is 1.27 bits per heavy atom. The summed E-state index contributed by atoms with van der Waals surface area (Å²) in [6.07, 6.45) is 5.82. The highest BCUT2D eigenvalue weighted by Crippen LogP contribution is 2.28. The highest BCUT2D eigenvalue weighted by Gasteiger charge is 2.28. The Labute approximate surface area is 131 Å². The Kier molecular flexibility index (Phi) is 4.52. The summed E-state index contributed by atoms with van der Waals surface area (Å²) in [5, 5.41) is 0. The van der Waals surface area contributed by atoms with Crippen molar-refractivity contribution >= 4 is 18.0 Å². The zero-order valence-electron chi connectivity index (χ0n) is 13.1. The fourth-order valence-corrected chi connectivity index (χ4v) is 3.18. The van der Waals surface area contributed by atoms with Crippen molar-refractivity contribution in [2.45, 2.75) is 38.1 Å². The highest BCUT2D eigenvalue weighted by molar-refractivity contribution is 5.96. The standard InChI is InChI=1S/C17H23N3O2/c1-19-10-8-13(9-11-19)17(22)15-6-3-7-16(18-15)20(12-21)14-4-2-5-14/h3,6-7,12-14H,2,4-5,8-11H2,1H3. The summed E-state index contributed by atoms with van der Waals surface area (Å²) in [7, 11) is 2.08. The quantitative estimate of drug-likeness (QED) is 0.617. The smallest absolute Gasteiger partial charge is 0.215 e. The van der Waals surface area contributed by atoms with Gasteiger partial charge in [0.15, 0.2) is 5.78 Å². The second-order valence-electron chi connectivity index (χ2n) is 6.42. The lowest BCUT2D eigenvalue weighted by molar-refractivity contribution is -0.108. The second-order valence-corrected chi connectivity index (χ2v) is 6.42. The number of hydrogen-bond acceptors (Lipinski definition) is 4. The first-order valence-electron chi connectivity index (χ1n) is 8.12. The SMILES string of the molecule is CN1CCC(C(=O)c2cccc(N(C=O)C3CCC3)n2)CC1. The minimum absolute atomic E-state index is 0.0623. The van der Waals surface area contributed by atoms with Crippen LogP contribution in [0.25, 0.3) is 0 Å². The highest BCUT2D eigenvalue weighted by atomic mass is 16.1. The molecule has 0 bridgehead atoms. The van der Waals surface area contributed by atoms with Gasteiger partial charge in [-0.1, -0.05) is 6.07 Å². The fourth-order valence-electron chi connectivity index (χ4n) is 3.18. The molecule has 1 aromatic rings. The van der Waals surface area contributed by atoms with E-state index in [9.17, 15) is 9.59 Å². The summed E-state index contributed by atoms with van der Waals surface area (Å²) >= 11 is 0. The first kappa shape index (κ1) is 15.2. The minimum Gasteiger partial charge on any atom is -0.306 e. The van der Waals surface area contributed by atoms with Gasteiger partial charge in [-0.3, -0.25) is 14.5 Å². The molecule has 118 valence electrons. The summed E-state index contributed by atoms with van der Waals surface area (Å²) in [6, 6.07) is 5.67. The molecule has 2 heterocycles. The van der Waals surface area contributed by atoms with Crippen LogP contribution >= 0.6 is 0 Å². The summed E-state index contributed by atoms with van der Waals surface area (Å²) in [6.45, 7) is 1.91. The molecule has 0 radical (unpaired) electrons. The summed E-state index contributed by atoms with van der Waals surface area (Å²) < 4.78 is 0. The minimum atomic E-state index is 0.0623. The van der Waals surface area contributed by atoms with Gasteiger partial charge in [0.25, 0.3) is 0 Å². The van der Waals surface area contributed by atoms with Crippen molar-refractivity contribution in [2.75, 3.05) is 25.0 Å². The Balaban J connectivity index is 1.75. The predicted molar refractivity (Wildman–Crippen MR) is 85.0 cm³/mol. The molecule has 5 heteroatoms. The first-order valence-corrected chi connectivity index (χ1v) is 8.12. The van der Waals surface area contributed by atoms with Crippen LogP contribution in [0.3, 0.4) is 0 Å². The van der Waals surface area contributed by atoms with Crippen molar-refractivity contribution in [3.05, 3.63) is 23.9 Å². The largest absolute Gasteiger partial charge is 0.306 e. The van der Waals surface area contributed by atoms with Crippen molar-refractivity contribution in [1.29, 1.82) is 0 Å². The van der Waals surface area contributed by atoms with Crippen LogP contribution in [0, 0.1) is 5.92 Å². The summed E-state index contributed by atoms with van der Waals surface area (Å²) in [5.41, 5.74) is 0.498. The maximum atomic E-state index is 12.6. The zero-order chi connectivity index (χ0) is 15.5. The molecule has 1 amide bonds. The van der Waals surface area contributed by atoms with Crippen LogP contribution in [0.1, 0.15) is 42.6 Å². The number of anilines is 1. The Morgan fingerprint density at radius 3 is 2.59 bits per heavy atom. The maximum absolute atomic E-state index is 12.6. The van der Waals surface area contributed by atoms with E-state index in [4.69, 9.17) is 0 Å². The molecule has 1 aliphatic heterocycles. The van der Waals surface area contributed by atoms with Crippen molar-refractivity contribution in [1.82, 2.24) is 9.88 Å². The third kappa shape index (κ3) is 3.04. The molecule has 1 saturated heterocycles. The topological polar surface area (TPSA) is 53.5 Å². The normalized spacial score (nSPS) is 20.4. The molecule has 0 spiro atoms. The van der Waals surface area contributed by atoms with E-state index in [1.54, 1.807) is 11.0 Å². The van der Waals surface area contributed by atoms with Crippen LogP contribution in [0.4, 0.5) is 5.82 Å². The number of likely N-dealkylation sites (tertiary alicyclic amines) is 1. The predicted octanol–water partition coefficient (Wildman–Crippen LogP) is 2.12. The number of Topliss-reactive ketones (excluding diaryl/α,β-unsaturated/α-hetero) is 1. The van der Waals surface area contributed by atoms with Gasteiger partial charge in [-0.25, -0.2) is 4.98 Å². The number of carbonyl (C=O) groups excluding carboxylic acids is 2. The van der Waals surface area contributed by atoms with E-state index in [-0.39, 0.29) is 17.7 Å². The number of rotatable bonds is 5. The molecule has 22 heavy (non-hydrogen) atoms. The van der Waals surface area contributed by atoms with Gasteiger partial charge in [0, 0.05) is 12.0 Å². The number of carbonyl (C=O) groups is 2. The van der Waals surface area contributed by atoms with Gasteiger partial charge >= 0.3 is 0 Å². The second kappa shape index (κ2) is 6.57. The molecular weight excluding hydrogens is 278 g/mol. The third-order valence-electron chi connectivity index (χ3n) is 4.92. The van der Waals surface area contributed by atoms with Crippen LogP contribution < -0.4 is 4.90 Å². The van der Waals surface area contributed by atoms with Gasteiger partial charge in [0.2, 0.25) is 6.41 Å². The molecule has 1 aromatic heterocycles. The number of pyridine rings is 1. The van der Waals surface area contributed by atoms with Gasteiger partial charge in [-0.15, -0.1) is 0 Å². The van der Waals surface area contributed by atoms with Crippen LogP contribution in [0.15, 0.2) is 18.2 Å². The van der Waals surface area contributed by atoms with Crippen molar-refractivity contribution < 1.29 is 9.59 Å². The fraction of sp³-hybridized carbons (Fsp3) is 0.588. The molecule has 1 saturated carbocycles. The molecule has 0 atom stereocenters. The first-order chi connectivity index (χ1) is 10.7. The van der Waals surface area contributed by atoms with E-state index in [0.29, 0.717) is 11.5 Å². The lowest BCUT2D eigenvalue weighted by Crippen LogP contribution is -2.40. The Bertz CT molecular complexity index is 549. The third-order valence-corrected chi connectivity index (χ3v) is 4.92. The van der Waals surface area contributed by atoms with E-state index in [0.717, 1.165) is 51.6 Å². The number of ketones is 1. The van der Waals surface area contributed by atoms with Gasteiger partial charge < -0.3 is 4.90 Å². The van der Waals surface area contributed by atoms with Crippen molar-refractivity contribution in [3.63, 3.8) is 0 Å². The number of hydrogen-bond donors (Lipinski definition) is 0. The molecule has 2 aliphatic rings. The summed E-state index contributed by atoms with van der Waals surface area (Å²) in [5.74, 6) is 0.792. The van der Waals surface area contributed by atoms with E-state index in [1.165, 1.54) is 0 Å². The van der Waals surface area contributed by atoms with Crippen LogP contribution in [0.2, 0.25) is 0 Å². The molecule has 2 fully saturated rings. The number of amides is 1. The number of nitrogens with zero attached hydrogens (tertiary/aromatic N) is 3. The Morgan fingerprint density at radius 2 is 2.00 bits per heavy atom. The lowest BCUT2D eigenvalue weighted by Gasteiger charge is -2.34. The monoisotopic (exact) mass is 301 g/mol. The van der Waals surface area contributed by atoms with Crippen LogP contribution in [0.5, 0.6) is 0 Å². The van der Waals surface area contributed by atoms with Crippen molar-refractivity contribution in [3.8, 4) is 0 Å². The van der Waals surface area contributed by atoms with Gasteiger partial charge in [-0.05, 0) is 64.4 Å². The average Bonchev–Trinajstić information content (AvgIpc) is 2.51. The molecule has 0 aromatic carbocycles. The van der Waals surface area contributed by atoms with E-state index >= 15 is 0 Å². The van der Waals surface area contributed by atoms with Gasteiger partial charge in [-0.2, -0.15) is 0 Å². The van der Waals surface area contributed by atoms with E-state index in [2.05, 4.69) is 16.9 Å². The van der Waals surface area contributed by atoms with E-state index < -0.39 is 0 Å². The van der Waals surface area contributed by atoms with Gasteiger partial charge in [0.1, 0.15) is 11.5 Å². The molecule has 5 nitrogen and oxygen atoms in total. The maximum Gasteiger partial charge on any atom is 0.215 e. The van der Waals surface area contributed by atoms with E-state index in [1.807, 2.05) is 12.1 Å².